The van der Waals surface area contributed by atoms with E-state index in [1.165, 1.54) is 50.4 Å². The van der Waals surface area contributed by atoms with Gasteiger partial charge in [-0.1, -0.05) is 0 Å². The van der Waals surface area contributed by atoms with Crippen LogP contribution in [0.3, 0.4) is 0 Å². The summed E-state index contributed by atoms with van der Waals surface area (Å²) in [6, 6.07) is 5.18. The summed E-state index contributed by atoms with van der Waals surface area (Å²) in [7, 11) is 0. The van der Waals surface area contributed by atoms with Crippen molar-refractivity contribution in [3.05, 3.63) is 54.4 Å². The van der Waals surface area contributed by atoms with Crippen LogP contribution in [0, 0.1) is 11.3 Å². The van der Waals surface area contributed by atoms with Gasteiger partial charge >= 0.3 is 0 Å². The van der Waals surface area contributed by atoms with Crippen LogP contribution in [-0.4, -0.2) is 64.8 Å². The zero-order chi connectivity index (χ0) is 26.7. The van der Waals surface area contributed by atoms with Gasteiger partial charge in [0.1, 0.15) is 36.1 Å². The highest BCUT2D eigenvalue weighted by molar-refractivity contribution is 6.00. The number of halogens is 2. The fraction of sp³-hybridized carbons (Fsp3) is 0.333. The Balaban J connectivity index is 1.69. The summed E-state index contributed by atoms with van der Waals surface area (Å²) in [5.41, 5.74) is 0.562. The molecule has 4 rings (SSSR count). The maximum absolute atomic E-state index is 14.2. The van der Waals surface area contributed by atoms with E-state index in [-0.39, 0.29) is 12.1 Å². The Morgan fingerprint density at radius 3 is 2.70 bits per heavy atom. The van der Waals surface area contributed by atoms with Crippen molar-refractivity contribution in [3.8, 4) is 11.9 Å². The largest absolute Gasteiger partial charge is 0.387 e. The molecule has 2 atom stereocenters. The van der Waals surface area contributed by atoms with E-state index in [1.807, 2.05) is 6.07 Å². The zero-order valence-corrected chi connectivity index (χ0v) is 20.4. The Morgan fingerprint density at radius 2 is 2.00 bits per heavy atom. The molecule has 0 bridgehead atoms. The first-order valence-corrected chi connectivity index (χ1v) is 11.4. The number of imidazole rings is 1. The third-order valence-electron chi connectivity index (χ3n) is 5.46. The van der Waals surface area contributed by atoms with Crippen molar-refractivity contribution in [3.63, 3.8) is 0 Å². The second-order valence-electron chi connectivity index (χ2n) is 9.07. The number of fused-ring (bicyclic) bond motifs is 1. The SMILES string of the molecule is CC(F)Cn1cc(Nc2cc(-n3cnc4cc(C#N)cnc43)ncc2C(=O)NC[C@@H](F)C(C)(C)O)cn1. The van der Waals surface area contributed by atoms with Crippen LogP contribution >= 0.6 is 0 Å². The van der Waals surface area contributed by atoms with Gasteiger partial charge in [-0.25, -0.2) is 23.7 Å². The highest BCUT2D eigenvalue weighted by Gasteiger charge is 2.27. The van der Waals surface area contributed by atoms with E-state index in [0.717, 1.165) is 0 Å². The average Bonchev–Trinajstić information content (AvgIpc) is 3.47. The number of rotatable bonds is 9. The predicted molar refractivity (Wildman–Crippen MR) is 131 cm³/mol. The van der Waals surface area contributed by atoms with Crippen LogP contribution in [0.1, 0.15) is 36.7 Å². The van der Waals surface area contributed by atoms with Gasteiger partial charge in [-0.2, -0.15) is 10.4 Å². The molecule has 37 heavy (non-hydrogen) atoms. The molecular weight excluding hydrogens is 484 g/mol. The molecule has 0 aliphatic heterocycles. The van der Waals surface area contributed by atoms with E-state index in [1.54, 1.807) is 22.9 Å². The molecule has 1 unspecified atom stereocenters. The molecular formula is C24H25F2N9O2. The molecule has 0 spiro atoms. The summed E-state index contributed by atoms with van der Waals surface area (Å²) in [5, 5.41) is 28.6. The first-order chi connectivity index (χ1) is 17.5. The quantitative estimate of drug-likeness (QED) is 0.312. The van der Waals surface area contributed by atoms with Crippen LogP contribution < -0.4 is 10.6 Å². The molecule has 192 valence electrons. The van der Waals surface area contributed by atoms with E-state index in [2.05, 4.69) is 30.7 Å². The average molecular weight is 510 g/mol. The Bertz CT molecular complexity index is 1470. The van der Waals surface area contributed by atoms with Gasteiger partial charge in [0.05, 0.1) is 47.4 Å². The predicted octanol–water partition coefficient (Wildman–Crippen LogP) is 2.82. The second-order valence-corrected chi connectivity index (χ2v) is 9.07. The van der Waals surface area contributed by atoms with E-state index >= 15 is 0 Å². The maximum Gasteiger partial charge on any atom is 0.255 e. The summed E-state index contributed by atoms with van der Waals surface area (Å²) in [6.45, 7) is 3.69. The van der Waals surface area contributed by atoms with E-state index in [0.29, 0.717) is 33.9 Å². The number of pyridine rings is 2. The van der Waals surface area contributed by atoms with Gasteiger partial charge in [0.15, 0.2) is 5.65 Å². The molecule has 4 aromatic heterocycles. The van der Waals surface area contributed by atoms with Gasteiger partial charge in [-0.05, 0) is 26.8 Å². The van der Waals surface area contributed by atoms with Crippen molar-refractivity contribution < 1.29 is 18.7 Å². The van der Waals surface area contributed by atoms with Crippen LogP contribution in [0.15, 0.2) is 43.2 Å². The number of carbonyl (C=O) groups excluding carboxylic acids is 1. The van der Waals surface area contributed by atoms with Crippen LogP contribution in [-0.2, 0) is 6.54 Å². The Morgan fingerprint density at radius 1 is 1.22 bits per heavy atom. The topological polar surface area (TPSA) is 147 Å². The zero-order valence-electron chi connectivity index (χ0n) is 20.4. The van der Waals surface area contributed by atoms with Crippen molar-refractivity contribution in [1.29, 1.82) is 5.26 Å². The standard InChI is InChI=1S/C24H25F2N9O2/c1-14(25)11-34-12-16(8-32-34)33-18-5-21(35-13-31-19-4-15(6-27)7-29-22(19)35)28-9-17(18)23(36)30-10-20(26)24(2,3)37/h4-5,7-9,12-14,20,37H,10-11H2,1-3H3,(H,28,33)(H,30,36)/t14?,20-/m1/s1. The van der Waals surface area contributed by atoms with Gasteiger partial charge in [-0.3, -0.25) is 14.0 Å². The molecule has 0 aromatic carbocycles. The minimum absolute atomic E-state index is 0.0584. The number of anilines is 2. The van der Waals surface area contributed by atoms with Crippen LogP contribution in [0.25, 0.3) is 17.0 Å². The number of hydrogen-bond acceptors (Lipinski definition) is 8. The van der Waals surface area contributed by atoms with Gasteiger partial charge in [0.25, 0.3) is 5.91 Å². The number of aromatic nitrogens is 6. The Kier molecular flexibility index (Phi) is 7.12. The maximum atomic E-state index is 14.2. The van der Waals surface area contributed by atoms with E-state index in [4.69, 9.17) is 5.26 Å². The fourth-order valence-electron chi connectivity index (χ4n) is 3.46. The summed E-state index contributed by atoms with van der Waals surface area (Å²) in [5.74, 6) is -0.256. The lowest BCUT2D eigenvalue weighted by atomic mass is 10.0. The molecule has 3 N–H and O–H groups in total. The molecule has 0 aliphatic carbocycles. The van der Waals surface area contributed by atoms with Crippen molar-refractivity contribution in [2.75, 3.05) is 11.9 Å². The Hall–Kier alpha value is -4.44. The highest BCUT2D eigenvalue weighted by atomic mass is 19.1. The number of amides is 1. The monoisotopic (exact) mass is 509 g/mol. The molecule has 0 fully saturated rings. The molecule has 0 saturated heterocycles. The number of nitrogens with zero attached hydrogens (tertiary/aromatic N) is 7. The molecule has 4 aromatic rings. The lowest BCUT2D eigenvalue weighted by Crippen LogP contribution is -2.42. The normalized spacial score (nSPS) is 13.2. The minimum atomic E-state index is -1.69. The van der Waals surface area contributed by atoms with E-state index < -0.39 is 30.4 Å². The lowest BCUT2D eigenvalue weighted by Gasteiger charge is -2.22. The van der Waals surface area contributed by atoms with Gasteiger partial charge in [0, 0.05) is 24.7 Å². The molecule has 11 nitrogen and oxygen atoms in total. The highest BCUT2D eigenvalue weighted by Crippen LogP contribution is 2.25. The summed E-state index contributed by atoms with van der Waals surface area (Å²) in [6.07, 6.45) is 4.49. The summed E-state index contributed by atoms with van der Waals surface area (Å²) < 4.78 is 30.6. The van der Waals surface area contributed by atoms with Crippen LogP contribution in [0.2, 0.25) is 0 Å². The van der Waals surface area contributed by atoms with Crippen molar-refractivity contribution in [2.24, 2.45) is 0 Å². The Labute approximate surface area is 210 Å². The summed E-state index contributed by atoms with van der Waals surface area (Å²) in [4.78, 5) is 25.9. The smallest absolute Gasteiger partial charge is 0.255 e. The number of nitriles is 1. The first-order valence-electron chi connectivity index (χ1n) is 11.4. The number of carbonyl (C=O) groups is 1. The molecule has 0 aliphatic rings. The lowest BCUT2D eigenvalue weighted by molar-refractivity contribution is -0.00177. The molecule has 0 radical (unpaired) electrons. The van der Waals surface area contributed by atoms with Crippen molar-refractivity contribution in [1.82, 2.24) is 34.6 Å². The third-order valence-corrected chi connectivity index (χ3v) is 5.46. The minimum Gasteiger partial charge on any atom is -0.387 e. The molecule has 1 amide bonds. The third kappa shape index (κ3) is 5.87. The molecule has 0 saturated carbocycles. The van der Waals surface area contributed by atoms with Crippen molar-refractivity contribution in [2.45, 2.75) is 45.3 Å². The second kappa shape index (κ2) is 10.3. The summed E-state index contributed by atoms with van der Waals surface area (Å²) >= 11 is 0. The number of hydrogen-bond donors (Lipinski definition) is 3. The van der Waals surface area contributed by atoms with E-state index in [9.17, 15) is 18.7 Å². The van der Waals surface area contributed by atoms with Gasteiger partial charge in [-0.15, -0.1) is 0 Å². The fourth-order valence-corrected chi connectivity index (χ4v) is 3.46. The first kappa shape index (κ1) is 25.6. The molecule has 4 heterocycles. The van der Waals surface area contributed by atoms with Gasteiger partial charge in [0.2, 0.25) is 0 Å². The van der Waals surface area contributed by atoms with Crippen molar-refractivity contribution >= 4 is 28.4 Å². The number of alkyl halides is 2. The molecule has 13 heteroatoms. The van der Waals surface area contributed by atoms with Gasteiger partial charge < -0.3 is 15.7 Å². The number of nitrogens with one attached hydrogen (secondary N) is 2. The number of aliphatic hydroxyl groups is 1. The van der Waals surface area contributed by atoms with Crippen LogP contribution in [0.4, 0.5) is 20.2 Å². The van der Waals surface area contributed by atoms with Crippen LogP contribution in [0.5, 0.6) is 0 Å².